The SMILES string of the molecule is CCOC(=O)C(C(C)=O)C(=S)NC(=O)OC(C)(C)C. The number of carbonyl (C=O) groups excluding carboxylic acids is 3. The average molecular weight is 289 g/mol. The molecule has 0 aliphatic heterocycles. The zero-order valence-corrected chi connectivity index (χ0v) is 12.6. The number of hydrogen-bond acceptors (Lipinski definition) is 6. The predicted molar refractivity (Wildman–Crippen MR) is 72.8 cm³/mol. The second kappa shape index (κ2) is 7.18. The summed E-state index contributed by atoms with van der Waals surface area (Å²) in [6.45, 7) is 7.98. The van der Waals surface area contributed by atoms with Crippen molar-refractivity contribution in [3.8, 4) is 0 Å². The van der Waals surface area contributed by atoms with Crippen molar-refractivity contribution in [3.63, 3.8) is 0 Å². The van der Waals surface area contributed by atoms with Crippen LogP contribution in [0, 0.1) is 5.92 Å². The monoisotopic (exact) mass is 289 g/mol. The van der Waals surface area contributed by atoms with Crippen LogP contribution in [0.4, 0.5) is 4.79 Å². The number of amides is 1. The summed E-state index contributed by atoms with van der Waals surface area (Å²) in [6, 6.07) is 0. The van der Waals surface area contributed by atoms with Gasteiger partial charge in [-0.25, -0.2) is 4.79 Å². The summed E-state index contributed by atoms with van der Waals surface area (Å²) < 4.78 is 9.71. The predicted octanol–water partition coefficient (Wildman–Crippen LogP) is 1.61. The van der Waals surface area contributed by atoms with E-state index in [1.54, 1.807) is 27.7 Å². The third-order valence-corrected chi connectivity index (χ3v) is 2.15. The molecule has 19 heavy (non-hydrogen) atoms. The number of thiocarbonyl (C=S) groups is 1. The highest BCUT2D eigenvalue weighted by atomic mass is 32.1. The molecule has 0 saturated carbocycles. The van der Waals surface area contributed by atoms with E-state index >= 15 is 0 Å². The zero-order chi connectivity index (χ0) is 15.2. The second-order valence-corrected chi connectivity index (χ2v) is 5.23. The van der Waals surface area contributed by atoms with Gasteiger partial charge in [-0.1, -0.05) is 12.2 Å². The molecule has 0 aliphatic carbocycles. The Morgan fingerprint density at radius 3 is 2.16 bits per heavy atom. The van der Waals surface area contributed by atoms with Gasteiger partial charge in [-0.05, 0) is 34.6 Å². The Morgan fingerprint density at radius 1 is 1.26 bits per heavy atom. The van der Waals surface area contributed by atoms with Gasteiger partial charge in [0.05, 0.1) is 6.61 Å². The quantitative estimate of drug-likeness (QED) is 0.481. The number of Topliss-reactive ketones (excluding diaryl/α,β-unsaturated/α-hetero) is 1. The van der Waals surface area contributed by atoms with E-state index in [1.165, 1.54) is 6.92 Å². The van der Waals surface area contributed by atoms with E-state index in [4.69, 9.17) is 21.7 Å². The van der Waals surface area contributed by atoms with Crippen LogP contribution < -0.4 is 5.32 Å². The lowest BCUT2D eigenvalue weighted by Gasteiger charge is -2.21. The number of carbonyl (C=O) groups is 3. The molecule has 0 rings (SSSR count). The van der Waals surface area contributed by atoms with Crippen LogP contribution >= 0.6 is 12.2 Å². The van der Waals surface area contributed by atoms with Gasteiger partial charge in [0.2, 0.25) is 0 Å². The van der Waals surface area contributed by atoms with E-state index in [1.807, 2.05) is 0 Å². The summed E-state index contributed by atoms with van der Waals surface area (Å²) in [4.78, 5) is 34.2. The average Bonchev–Trinajstić information content (AvgIpc) is 2.12. The Kier molecular flexibility index (Phi) is 6.61. The standard InChI is InChI=1S/C12H19NO5S/c1-6-17-10(15)8(7(2)14)9(19)13-11(16)18-12(3,4)5/h8H,6H2,1-5H3,(H,13,16,19). The molecule has 0 radical (unpaired) electrons. The molecule has 0 aromatic rings. The number of nitrogens with one attached hydrogen (secondary N) is 1. The van der Waals surface area contributed by atoms with Crippen LogP contribution in [0.3, 0.4) is 0 Å². The van der Waals surface area contributed by atoms with Gasteiger partial charge < -0.3 is 9.47 Å². The van der Waals surface area contributed by atoms with Crippen LogP contribution in [0.1, 0.15) is 34.6 Å². The fourth-order valence-corrected chi connectivity index (χ4v) is 1.51. The van der Waals surface area contributed by atoms with Gasteiger partial charge in [0.15, 0.2) is 11.7 Å². The summed E-state index contributed by atoms with van der Waals surface area (Å²) in [5, 5.41) is 2.21. The molecule has 0 aromatic carbocycles. The van der Waals surface area contributed by atoms with E-state index in [2.05, 4.69) is 5.32 Å². The minimum atomic E-state index is -1.29. The third-order valence-electron chi connectivity index (χ3n) is 1.82. The molecule has 0 aromatic heterocycles. The van der Waals surface area contributed by atoms with Crippen LogP contribution in [0.2, 0.25) is 0 Å². The van der Waals surface area contributed by atoms with Crippen molar-refractivity contribution in [1.82, 2.24) is 5.32 Å². The number of ether oxygens (including phenoxy) is 2. The Bertz CT molecular complexity index is 386. The zero-order valence-electron chi connectivity index (χ0n) is 11.7. The van der Waals surface area contributed by atoms with Crippen LogP contribution in [-0.2, 0) is 19.1 Å². The van der Waals surface area contributed by atoms with Crippen molar-refractivity contribution in [1.29, 1.82) is 0 Å². The summed E-state index contributed by atoms with van der Waals surface area (Å²) in [5.74, 6) is -2.57. The summed E-state index contributed by atoms with van der Waals surface area (Å²) in [6.07, 6.45) is -0.812. The van der Waals surface area contributed by atoms with Crippen LogP contribution in [0.5, 0.6) is 0 Å². The molecule has 0 bridgehead atoms. The Hall–Kier alpha value is -1.50. The van der Waals surface area contributed by atoms with Crippen molar-refractivity contribution in [2.24, 2.45) is 5.92 Å². The molecule has 108 valence electrons. The molecule has 0 saturated heterocycles. The second-order valence-electron chi connectivity index (χ2n) is 4.79. The minimum Gasteiger partial charge on any atom is -0.465 e. The van der Waals surface area contributed by atoms with Gasteiger partial charge in [0.25, 0.3) is 0 Å². The number of alkyl carbamates (subject to hydrolysis) is 1. The minimum absolute atomic E-state index is 0.123. The number of ketones is 1. The molecule has 6 nitrogen and oxygen atoms in total. The first-order valence-corrected chi connectivity index (χ1v) is 6.20. The summed E-state index contributed by atoms with van der Waals surface area (Å²) in [7, 11) is 0. The maximum atomic E-state index is 11.6. The number of hydrogen-bond donors (Lipinski definition) is 1. The van der Waals surface area contributed by atoms with Gasteiger partial charge in [0, 0.05) is 0 Å². The van der Waals surface area contributed by atoms with Gasteiger partial charge in [-0.3, -0.25) is 14.9 Å². The van der Waals surface area contributed by atoms with Crippen molar-refractivity contribution in [2.75, 3.05) is 6.61 Å². The lowest BCUT2D eigenvalue weighted by molar-refractivity contribution is -0.148. The fourth-order valence-electron chi connectivity index (χ4n) is 1.16. The van der Waals surface area contributed by atoms with Crippen LogP contribution in [0.25, 0.3) is 0 Å². The van der Waals surface area contributed by atoms with E-state index < -0.39 is 29.4 Å². The Morgan fingerprint density at radius 2 is 1.79 bits per heavy atom. The normalized spacial score (nSPS) is 12.3. The van der Waals surface area contributed by atoms with Crippen LogP contribution in [-0.4, -0.2) is 35.0 Å². The number of rotatable bonds is 4. The fraction of sp³-hybridized carbons (Fsp3) is 0.667. The van der Waals surface area contributed by atoms with Crippen molar-refractivity contribution in [3.05, 3.63) is 0 Å². The first-order valence-electron chi connectivity index (χ1n) is 5.79. The van der Waals surface area contributed by atoms with E-state index in [0.29, 0.717) is 0 Å². The third kappa shape index (κ3) is 6.85. The molecule has 0 heterocycles. The molecule has 0 spiro atoms. The molecule has 1 amide bonds. The number of esters is 1. The van der Waals surface area contributed by atoms with Gasteiger partial charge >= 0.3 is 12.1 Å². The molecular weight excluding hydrogens is 270 g/mol. The summed E-state index contributed by atoms with van der Waals surface area (Å²) >= 11 is 4.87. The molecule has 1 atom stereocenters. The molecule has 0 fully saturated rings. The molecular formula is C12H19NO5S. The van der Waals surface area contributed by atoms with E-state index in [0.717, 1.165) is 0 Å². The van der Waals surface area contributed by atoms with Gasteiger partial charge in [-0.15, -0.1) is 0 Å². The van der Waals surface area contributed by atoms with Crippen molar-refractivity contribution >= 4 is 35.1 Å². The van der Waals surface area contributed by atoms with Crippen LogP contribution in [0.15, 0.2) is 0 Å². The van der Waals surface area contributed by atoms with E-state index in [9.17, 15) is 14.4 Å². The van der Waals surface area contributed by atoms with E-state index in [-0.39, 0.29) is 11.6 Å². The Balaban J connectivity index is 4.71. The maximum Gasteiger partial charge on any atom is 0.412 e. The first kappa shape index (κ1) is 17.5. The highest BCUT2D eigenvalue weighted by Gasteiger charge is 2.31. The molecule has 1 unspecified atom stereocenters. The van der Waals surface area contributed by atoms with Gasteiger partial charge in [-0.2, -0.15) is 0 Å². The molecule has 0 aliphatic rings. The highest BCUT2D eigenvalue weighted by molar-refractivity contribution is 7.80. The lowest BCUT2D eigenvalue weighted by Crippen LogP contribution is -2.43. The largest absolute Gasteiger partial charge is 0.465 e. The van der Waals surface area contributed by atoms with Gasteiger partial charge in [0.1, 0.15) is 10.6 Å². The molecule has 7 heteroatoms. The lowest BCUT2D eigenvalue weighted by atomic mass is 10.1. The first-order chi connectivity index (χ1) is 8.58. The smallest absolute Gasteiger partial charge is 0.412 e. The van der Waals surface area contributed by atoms with Crippen molar-refractivity contribution in [2.45, 2.75) is 40.2 Å². The summed E-state index contributed by atoms with van der Waals surface area (Å²) in [5.41, 5.74) is -0.699. The topological polar surface area (TPSA) is 81.7 Å². The Labute approximate surface area is 117 Å². The molecule has 1 N–H and O–H groups in total. The maximum absolute atomic E-state index is 11.6. The highest BCUT2D eigenvalue weighted by Crippen LogP contribution is 2.08. The van der Waals surface area contributed by atoms with Crippen molar-refractivity contribution < 1.29 is 23.9 Å².